The van der Waals surface area contributed by atoms with Gasteiger partial charge in [0.25, 0.3) is 0 Å². The van der Waals surface area contributed by atoms with Gasteiger partial charge >= 0.3 is 6.09 Å². The van der Waals surface area contributed by atoms with Crippen molar-refractivity contribution in [2.45, 2.75) is 77.1 Å². The van der Waals surface area contributed by atoms with E-state index in [0.717, 1.165) is 18.2 Å². The van der Waals surface area contributed by atoms with Crippen molar-refractivity contribution >= 4 is 47.1 Å². The Hall–Kier alpha value is -3.08. The van der Waals surface area contributed by atoms with Gasteiger partial charge in [0.15, 0.2) is 5.69 Å². The molecule has 1 aromatic carbocycles. The van der Waals surface area contributed by atoms with Crippen LogP contribution < -0.4 is 4.90 Å². The first-order valence-electron chi connectivity index (χ1n) is 13.9. The third-order valence-corrected chi connectivity index (χ3v) is 9.89. The van der Waals surface area contributed by atoms with Crippen LogP contribution >= 0.6 is 15.9 Å². The number of benzene rings is 1. The van der Waals surface area contributed by atoms with Gasteiger partial charge in [-0.2, -0.15) is 10.2 Å². The van der Waals surface area contributed by atoms with Crippen molar-refractivity contribution in [2.24, 2.45) is 0 Å². The Morgan fingerprint density at radius 2 is 1.90 bits per heavy atom. The molecule has 0 spiro atoms. The molecule has 0 radical (unpaired) electrons. The highest BCUT2D eigenvalue weighted by molar-refractivity contribution is 9.10. The normalized spacial score (nSPS) is 15.6. The molecule has 1 saturated heterocycles. The van der Waals surface area contributed by atoms with Gasteiger partial charge in [0.2, 0.25) is 5.95 Å². The van der Waals surface area contributed by atoms with Crippen LogP contribution in [0.15, 0.2) is 28.9 Å². The second-order valence-electron chi connectivity index (χ2n) is 12.9. The van der Waals surface area contributed by atoms with Crippen molar-refractivity contribution in [3.63, 3.8) is 0 Å². The van der Waals surface area contributed by atoms with Gasteiger partial charge in [-0.15, -0.1) is 0 Å². The number of anilines is 1. The summed E-state index contributed by atoms with van der Waals surface area (Å²) in [6.45, 7) is 13.6. The summed E-state index contributed by atoms with van der Waals surface area (Å²) >= 11 is 3.53. The molecule has 2 aromatic heterocycles. The van der Waals surface area contributed by atoms with E-state index in [0.29, 0.717) is 28.1 Å². The highest BCUT2D eigenvalue weighted by Crippen LogP contribution is 2.44. The second kappa shape index (κ2) is 11.9. The average Bonchev–Trinajstić information content (AvgIpc) is 3.20. The van der Waals surface area contributed by atoms with Gasteiger partial charge in [0, 0.05) is 55.6 Å². The largest absolute Gasteiger partial charge is 0.465 e. The first kappa shape index (κ1) is 31.8. The van der Waals surface area contributed by atoms with Gasteiger partial charge in [-0.3, -0.25) is 4.90 Å². The van der Waals surface area contributed by atoms with Crippen LogP contribution in [0.25, 0.3) is 11.0 Å². The first-order valence-corrected chi connectivity index (χ1v) is 18.4. The molecule has 4 rings (SSSR count). The van der Waals surface area contributed by atoms with E-state index in [4.69, 9.17) is 9.72 Å². The molecule has 9 nitrogen and oxygen atoms in total. The van der Waals surface area contributed by atoms with Crippen LogP contribution in [0.1, 0.15) is 44.9 Å². The zero-order valence-corrected chi connectivity index (χ0v) is 27.4. The highest BCUT2D eigenvalue weighted by Gasteiger charge is 2.50. The fraction of sp³-hybridized carbons (Fsp3) is 0.517. The zero-order valence-electron chi connectivity index (χ0n) is 24.8. The van der Waals surface area contributed by atoms with E-state index in [1.165, 1.54) is 11.0 Å². The third-order valence-electron chi connectivity index (χ3n) is 7.59. The Morgan fingerprint density at radius 1 is 1.24 bits per heavy atom. The monoisotopic (exact) mass is 662 g/mol. The van der Waals surface area contributed by atoms with Gasteiger partial charge in [-0.25, -0.2) is 18.6 Å². The molecule has 1 N–H and O–H groups in total. The lowest BCUT2D eigenvalue weighted by Crippen LogP contribution is -2.61. The maximum atomic E-state index is 15.3. The molecule has 3 aromatic rings. The number of nitriles is 1. The fourth-order valence-electron chi connectivity index (χ4n) is 5.66. The van der Waals surface area contributed by atoms with Crippen LogP contribution in [0.5, 0.6) is 0 Å². The molecular formula is C29H37BrF2N6O3Si. The lowest BCUT2D eigenvalue weighted by molar-refractivity contribution is -0.00348. The van der Waals surface area contributed by atoms with Crippen molar-refractivity contribution in [2.75, 3.05) is 24.6 Å². The van der Waals surface area contributed by atoms with E-state index in [1.54, 1.807) is 20.8 Å². The van der Waals surface area contributed by atoms with Crippen molar-refractivity contribution in [3.8, 4) is 6.07 Å². The number of hydrogen-bond acceptors (Lipinski definition) is 6. The lowest BCUT2D eigenvalue weighted by Gasteiger charge is -2.52. The molecule has 0 atom stereocenters. The van der Waals surface area contributed by atoms with E-state index in [9.17, 15) is 19.6 Å². The van der Waals surface area contributed by atoms with Gasteiger partial charge in [0.05, 0.1) is 10.9 Å². The van der Waals surface area contributed by atoms with E-state index in [2.05, 4.69) is 46.6 Å². The van der Waals surface area contributed by atoms with Crippen molar-refractivity contribution in [1.82, 2.24) is 19.4 Å². The van der Waals surface area contributed by atoms with Crippen LogP contribution in [0.3, 0.4) is 0 Å². The molecule has 1 amide bonds. The smallest absolute Gasteiger partial charge is 0.408 e. The molecule has 0 aliphatic carbocycles. The number of fused-ring (bicyclic) bond motifs is 1. The van der Waals surface area contributed by atoms with E-state index >= 15 is 4.39 Å². The fourth-order valence-corrected chi connectivity index (χ4v) is 7.03. The molecular weight excluding hydrogens is 626 g/mol. The summed E-state index contributed by atoms with van der Waals surface area (Å²) in [7, 11) is -1.26. The van der Waals surface area contributed by atoms with Crippen LogP contribution in [0, 0.1) is 23.0 Å². The van der Waals surface area contributed by atoms with Crippen molar-refractivity contribution in [3.05, 3.63) is 51.8 Å². The summed E-state index contributed by atoms with van der Waals surface area (Å²) in [5.41, 5.74) is -1.26. The predicted molar refractivity (Wildman–Crippen MR) is 163 cm³/mol. The molecule has 1 aliphatic rings. The summed E-state index contributed by atoms with van der Waals surface area (Å²) in [5, 5.41) is 20.8. The zero-order chi connectivity index (χ0) is 31.0. The third kappa shape index (κ3) is 6.45. The predicted octanol–water partition coefficient (Wildman–Crippen LogP) is 6.93. The van der Waals surface area contributed by atoms with E-state index in [1.807, 2.05) is 15.7 Å². The number of aromatic nitrogens is 3. The van der Waals surface area contributed by atoms with Crippen LogP contribution in [0.4, 0.5) is 19.5 Å². The number of rotatable bonds is 8. The average molecular weight is 664 g/mol. The molecule has 226 valence electrons. The maximum absolute atomic E-state index is 15.3. The Bertz CT molecular complexity index is 1520. The Labute approximate surface area is 254 Å². The molecule has 1 fully saturated rings. The number of ether oxygens (including phenoxy) is 1. The van der Waals surface area contributed by atoms with Crippen molar-refractivity contribution < 1.29 is 23.4 Å². The van der Waals surface area contributed by atoms with E-state index < -0.39 is 36.9 Å². The molecule has 0 saturated carbocycles. The first-order chi connectivity index (χ1) is 19.6. The molecule has 0 unspecified atom stereocenters. The van der Waals surface area contributed by atoms with Gasteiger partial charge < -0.3 is 19.3 Å². The number of piperidine rings is 1. The highest BCUT2D eigenvalue weighted by atomic mass is 79.9. The molecule has 42 heavy (non-hydrogen) atoms. The minimum Gasteiger partial charge on any atom is -0.465 e. The van der Waals surface area contributed by atoms with Gasteiger partial charge in [-0.05, 0) is 61.7 Å². The number of hydrogen-bond donors (Lipinski definition) is 1. The number of carbonyl (C=O) groups is 1. The van der Waals surface area contributed by atoms with Gasteiger partial charge in [0.1, 0.15) is 30.1 Å². The van der Waals surface area contributed by atoms with E-state index in [-0.39, 0.29) is 43.9 Å². The Kier molecular flexibility index (Phi) is 9.02. The Morgan fingerprint density at radius 3 is 2.45 bits per heavy atom. The number of carboxylic acid groups (broad SMARTS) is 1. The minimum absolute atomic E-state index is 0.128. The Balaban J connectivity index is 1.69. The number of nitrogens with zero attached hydrogens (tertiary/aromatic N) is 6. The summed E-state index contributed by atoms with van der Waals surface area (Å²) < 4.78 is 37.6. The van der Waals surface area contributed by atoms with Crippen molar-refractivity contribution in [1.29, 1.82) is 5.26 Å². The topological polar surface area (TPSA) is 108 Å². The standard InChI is InChI=1S/C29H37BrF2N6O3Si/c1-28(2,3)38(27(39)40)29(20-8-7-19(31)15-22(20)32)9-11-36(12-10-29)26-34-23(16-33)24-21(30)17-37(25(24)35-26)18-41-13-14-42(4,5)6/h7-8,15,17H,9-14,18H2,1-6H3,(H,39,40). The maximum Gasteiger partial charge on any atom is 0.408 e. The molecule has 0 bridgehead atoms. The number of amides is 1. The molecule has 13 heteroatoms. The van der Waals surface area contributed by atoms with Crippen LogP contribution in [-0.4, -0.2) is 63.9 Å². The summed E-state index contributed by atoms with van der Waals surface area (Å²) in [6.07, 6.45) is 1.03. The van der Waals surface area contributed by atoms with Crippen LogP contribution in [0.2, 0.25) is 25.7 Å². The summed E-state index contributed by atoms with van der Waals surface area (Å²) in [4.78, 5) is 25.1. The second-order valence-corrected chi connectivity index (χ2v) is 19.4. The summed E-state index contributed by atoms with van der Waals surface area (Å²) in [6, 6.07) is 6.47. The minimum atomic E-state index is -1.26. The van der Waals surface area contributed by atoms with Crippen LogP contribution in [-0.2, 0) is 17.0 Å². The summed E-state index contributed by atoms with van der Waals surface area (Å²) in [5.74, 6) is -1.20. The van der Waals surface area contributed by atoms with Gasteiger partial charge in [-0.1, -0.05) is 25.7 Å². The quantitative estimate of drug-likeness (QED) is 0.206. The molecule has 3 heterocycles. The molecule has 1 aliphatic heterocycles. The lowest BCUT2D eigenvalue weighted by atomic mass is 9.76. The SMILES string of the molecule is CC(C)(C)N(C(=O)O)C1(c2ccc(F)cc2F)CCN(c2nc(C#N)c3c(Br)cn(COCC[Si](C)(C)C)c3n2)CC1. The number of halogens is 3.